The van der Waals surface area contributed by atoms with Gasteiger partial charge in [-0.25, -0.2) is 4.79 Å². The van der Waals surface area contributed by atoms with Gasteiger partial charge in [-0.15, -0.1) is 0 Å². The maximum atomic E-state index is 12.1. The number of hydrogen-bond donors (Lipinski definition) is 1. The van der Waals surface area contributed by atoms with Crippen molar-refractivity contribution < 1.29 is 23.9 Å². The number of carbonyl (C=O) groups excluding carboxylic acids is 4. The summed E-state index contributed by atoms with van der Waals surface area (Å²) in [5.74, 6) is -1.66. The molecule has 0 bridgehead atoms. The van der Waals surface area contributed by atoms with Gasteiger partial charge in [0.15, 0.2) is 6.61 Å². The molecule has 0 aliphatic carbocycles. The summed E-state index contributed by atoms with van der Waals surface area (Å²) >= 11 is 11.9. The zero-order valence-corrected chi connectivity index (χ0v) is 16.6. The van der Waals surface area contributed by atoms with E-state index in [-0.39, 0.29) is 41.8 Å². The standard InChI is InChI=1S/C20H16Cl2N2O5/c21-14-2-1-3-15(19(14)22)23-16(25)11-29-20(28)13-6-4-12(5-7-13)10-24-17(26)8-9-18(24)27/h1-7H,8-11H2,(H,23,25). The van der Waals surface area contributed by atoms with Gasteiger partial charge in [-0.2, -0.15) is 0 Å². The summed E-state index contributed by atoms with van der Waals surface area (Å²) in [6, 6.07) is 11.0. The van der Waals surface area contributed by atoms with Crippen molar-refractivity contribution in [1.29, 1.82) is 0 Å². The van der Waals surface area contributed by atoms with Crippen molar-refractivity contribution in [1.82, 2.24) is 4.90 Å². The van der Waals surface area contributed by atoms with E-state index in [0.29, 0.717) is 16.3 Å². The Morgan fingerprint density at radius 3 is 2.31 bits per heavy atom. The van der Waals surface area contributed by atoms with Crippen LogP contribution in [-0.4, -0.2) is 35.2 Å². The van der Waals surface area contributed by atoms with Gasteiger partial charge in [0, 0.05) is 12.8 Å². The van der Waals surface area contributed by atoms with Crippen molar-refractivity contribution >= 4 is 52.6 Å². The van der Waals surface area contributed by atoms with Crippen LogP contribution in [0, 0.1) is 0 Å². The first-order valence-corrected chi connectivity index (χ1v) is 9.44. The third kappa shape index (κ3) is 5.13. The van der Waals surface area contributed by atoms with Crippen LogP contribution in [0.3, 0.4) is 0 Å². The predicted octanol–water partition coefficient (Wildman–Crippen LogP) is 3.44. The van der Waals surface area contributed by atoms with Gasteiger partial charge >= 0.3 is 5.97 Å². The third-order valence-electron chi connectivity index (χ3n) is 4.25. The monoisotopic (exact) mass is 434 g/mol. The van der Waals surface area contributed by atoms with Crippen LogP contribution < -0.4 is 5.32 Å². The lowest BCUT2D eigenvalue weighted by atomic mass is 10.1. The zero-order valence-electron chi connectivity index (χ0n) is 15.1. The molecule has 7 nitrogen and oxygen atoms in total. The molecule has 3 rings (SSSR count). The summed E-state index contributed by atoms with van der Waals surface area (Å²) in [6.07, 6.45) is 0.456. The van der Waals surface area contributed by atoms with Crippen LogP contribution in [0.4, 0.5) is 5.69 Å². The van der Waals surface area contributed by atoms with Gasteiger partial charge in [-0.3, -0.25) is 19.3 Å². The van der Waals surface area contributed by atoms with Crippen molar-refractivity contribution in [2.75, 3.05) is 11.9 Å². The van der Waals surface area contributed by atoms with Crippen molar-refractivity contribution in [3.05, 3.63) is 63.6 Å². The molecule has 0 atom stereocenters. The van der Waals surface area contributed by atoms with E-state index in [1.54, 1.807) is 30.3 Å². The van der Waals surface area contributed by atoms with Gasteiger partial charge in [0.2, 0.25) is 11.8 Å². The molecule has 1 heterocycles. The molecule has 1 fully saturated rings. The Hall–Kier alpha value is -2.90. The summed E-state index contributed by atoms with van der Waals surface area (Å²) in [6.45, 7) is -0.337. The van der Waals surface area contributed by atoms with E-state index in [1.165, 1.54) is 17.0 Å². The number of nitrogens with zero attached hydrogens (tertiary/aromatic N) is 1. The molecule has 1 aliphatic heterocycles. The number of esters is 1. The first kappa shape index (κ1) is 20.8. The fourth-order valence-electron chi connectivity index (χ4n) is 2.73. The maximum absolute atomic E-state index is 12.1. The van der Waals surface area contributed by atoms with Crippen molar-refractivity contribution in [2.45, 2.75) is 19.4 Å². The van der Waals surface area contributed by atoms with E-state index in [9.17, 15) is 19.2 Å². The van der Waals surface area contributed by atoms with Crippen LogP contribution in [0.1, 0.15) is 28.8 Å². The Morgan fingerprint density at radius 2 is 1.66 bits per heavy atom. The molecular formula is C20H16Cl2N2O5. The summed E-state index contributed by atoms with van der Waals surface area (Å²) in [5, 5.41) is 3.00. The van der Waals surface area contributed by atoms with E-state index >= 15 is 0 Å². The average molecular weight is 435 g/mol. The largest absolute Gasteiger partial charge is 0.452 e. The number of anilines is 1. The quantitative estimate of drug-likeness (QED) is 0.555. The van der Waals surface area contributed by atoms with E-state index in [1.807, 2.05) is 0 Å². The molecule has 150 valence electrons. The molecule has 0 radical (unpaired) electrons. The van der Waals surface area contributed by atoms with Crippen LogP contribution >= 0.6 is 23.2 Å². The van der Waals surface area contributed by atoms with E-state index in [0.717, 1.165) is 0 Å². The Balaban J connectivity index is 1.53. The predicted molar refractivity (Wildman–Crippen MR) is 107 cm³/mol. The zero-order chi connectivity index (χ0) is 21.0. The SMILES string of the molecule is O=C(COC(=O)c1ccc(CN2C(=O)CCC2=O)cc1)Nc1cccc(Cl)c1Cl. The number of carbonyl (C=O) groups is 4. The van der Waals surface area contributed by atoms with Gasteiger partial charge in [0.05, 0.1) is 27.8 Å². The first-order valence-electron chi connectivity index (χ1n) is 8.68. The molecule has 0 unspecified atom stereocenters. The highest BCUT2D eigenvalue weighted by Gasteiger charge is 2.28. The molecule has 0 spiro atoms. The molecule has 9 heteroatoms. The lowest BCUT2D eigenvalue weighted by molar-refractivity contribution is -0.139. The Labute approximate surface area is 176 Å². The second kappa shape index (κ2) is 9.07. The number of hydrogen-bond acceptors (Lipinski definition) is 5. The van der Waals surface area contributed by atoms with Crippen LogP contribution in [0.25, 0.3) is 0 Å². The first-order chi connectivity index (χ1) is 13.8. The molecule has 3 amide bonds. The number of rotatable bonds is 6. The van der Waals surface area contributed by atoms with Crippen LogP contribution in [0.15, 0.2) is 42.5 Å². The maximum Gasteiger partial charge on any atom is 0.338 e. The topological polar surface area (TPSA) is 92.8 Å². The summed E-state index contributed by atoms with van der Waals surface area (Å²) in [5.41, 5.74) is 1.26. The highest BCUT2D eigenvalue weighted by molar-refractivity contribution is 6.44. The molecule has 1 aliphatic rings. The molecule has 2 aromatic carbocycles. The number of benzene rings is 2. The molecule has 0 aromatic heterocycles. The number of imide groups is 1. The second-order valence-electron chi connectivity index (χ2n) is 6.30. The number of nitrogens with one attached hydrogen (secondary N) is 1. The average Bonchev–Trinajstić information content (AvgIpc) is 3.02. The Kier molecular flexibility index (Phi) is 6.51. The molecule has 0 saturated carbocycles. The minimum Gasteiger partial charge on any atom is -0.452 e. The van der Waals surface area contributed by atoms with Crippen LogP contribution in [0.2, 0.25) is 10.0 Å². The molecule has 2 aromatic rings. The summed E-state index contributed by atoms with van der Waals surface area (Å²) < 4.78 is 4.99. The Bertz CT molecular complexity index is 959. The van der Waals surface area contributed by atoms with E-state index < -0.39 is 18.5 Å². The van der Waals surface area contributed by atoms with Gasteiger partial charge in [-0.1, -0.05) is 41.4 Å². The molecular weight excluding hydrogens is 419 g/mol. The molecule has 1 saturated heterocycles. The van der Waals surface area contributed by atoms with Crippen molar-refractivity contribution in [3.63, 3.8) is 0 Å². The lowest BCUT2D eigenvalue weighted by Gasteiger charge is -2.13. The smallest absolute Gasteiger partial charge is 0.338 e. The summed E-state index contributed by atoms with van der Waals surface area (Å²) in [4.78, 5) is 48.6. The normalized spacial score (nSPS) is 13.5. The molecule has 29 heavy (non-hydrogen) atoms. The van der Waals surface area contributed by atoms with Gasteiger partial charge in [-0.05, 0) is 29.8 Å². The highest BCUT2D eigenvalue weighted by atomic mass is 35.5. The van der Waals surface area contributed by atoms with Gasteiger partial charge in [0.1, 0.15) is 0 Å². The van der Waals surface area contributed by atoms with Gasteiger partial charge < -0.3 is 10.1 Å². The number of ether oxygens (including phenoxy) is 1. The second-order valence-corrected chi connectivity index (χ2v) is 7.08. The lowest BCUT2D eigenvalue weighted by Crippen LogP contribution is -2.28. The van der Waals surface area contributed by atoms with Crippen molar-refractivity contribution in [3.8, 4) is 0 Å². The van der Waals surface area contributed by atoms with Crippen LogP contribution in [0.5, 0.6) is 0 Å². The van der Waals surface area contributed by atoms with Crippen LogP contribution in [-0.2, 0) is 25.7 Å². The summed E-state index contributed by atoms with van der Waals surface area (Å²) in [7, 11) is 0. The molecule has 1 N–H and O–H groups in total. The van der Waals surface area contributed by atoms with E-state index in [2.05, 4.69) is 5.32 Å². The fourth-order valence-corrected chi connectivity index (χ4v) is 3.08. The van der Waals surface area contributed by atoms with E-state index in [4.69, 9.17) is 27.9 Å². The Morgan fingerprint density at radius 1 is 1.00 bits per heavy atom. The number of halogens is 2. The number of likely N-dealkylation sites (tertiary alicyclic amines) is 1. The van der Waals surface area contributed by atoms with Crippen molar-refractivity contribution in [2.24, 2.45) is 0 Å². The minimum absolute atomic E-state index is 0.162. The highest BCUT2D eigenvalue weighted by Crippen LogP contribution is 2.29. The third-order valence-corrected chi connectivity index (χ3v) is 5.06. The fraction of sp³-hybridized carbons (Fsp3) is 0.200. The number of amides is 3. The minimum atomic E-state index is -0.683. The van der Waals surface area contributed by atoms with Gasteiger partial charge in [0.25, 0.3) is 5.91 Å².